The second-order valence-electron chi connectivity index (χ2n) is 5.92. The lowest BCUT2D eigenvalue weighted by atomic mass is 10.0. The highest BCUT2D eigenvalue weighted by molar-refractivity contribution is 6.14. The highest BCUT2D eigenvalue weighted by atomic mass is 19.3. The van der Waals surface area contributed by atoms with Crippen molar-refractivity contribution in [2.24, 2.45) is 0 Å². The lowest BCUT2D eigenvalue weighted by molar-refractivity contribution is -0.129. The number of rotatable bonds is 6. The Morgan fingerprint density at radius 3 is 1.96 bits per heavy atom. The second-order valence-corrected chi connectivity index (χ2v) is 5.92. The molecule has 5 heteroatoms. The number of benzene rings is 3. The Morgan fingerprint density at radius 1 is 0.778 bits per heavy atom. The Kier molecular flexibility index (Phi) is 5.71. The summed E-state index contributed by atoms with van der Waals surface area (Å²) in [6, 6.07) is 23.7. The summed E-state index contributed by atoms with van der Waals surface area (Å²) in [7, 11) is 0. The first-order valence-electron chi connectivity index (χ1n) is 8.40. The molecular formula is C22H17F2NO2. The van der Waals surface area contributed by atoms with Crippen LogP contribution in [0.2, 0.25) is 0 Å². The van der Waals surface area contributed by atoms with Crippen molar-refractivity contribution >= 4 is 17.4 Å². The maximum Gasteiger partial charge on any atom is 0.316 e. The lowest BCUT2D eigenvalue weighted by Crippen LogP contribution is -2.36. The zero-order valence-electron chi connectivity index (χ0n) is 14.4. The standard InChI is InChI=1S/C22H17F2NO2/c23-21(24)22(27)25(15-16-9-3-1-4-10-16)19-14-8-7-13-18(19)20(26)17-11-5-2-6-12-17/h1-14,21H,15H2. The molecule has 0 radical (unpaired) electrons. The topological polar surface area (TPSA) is 37.4 Å². The van der Waals surface area contributed by atoms with E-state index in [0.717, 1.165) is 4.90 Å². The van der Waals surface area contributed by atoms with E-state index in [1.165, 1.54) is 6.07 Å². The van der Waals surface area contributed by atoms with Crippen molar-refractivity contribution in [1.82, 2.24) is 0 Å². The van der Waals surface area contributed by atoms with Crippen molar-refractivity contribution in [2.45, 2.75) is 13.0 Å². The second kappa shape index (κ2) is 8.36. The van der Waals surface area contributed by atoms with E-state index in [1.54, 1.807) is 78.9 Å². The summed E-state index contributed by atoms with van der Waals surface area (Å²) in [6.07, 6.45) is -3.17. The van der Waals surface area contributed by atoms with E-state index >= 15 is 0 Å². The number of ketones is 1. The number of halogens is 2. The number of carbonyl (C=O) groups is 2. The van der Waals surface area contributed by atoms with Crippen LogP contribution >= 0.6 is 0 Å². The molecule has 0 aliphatic carbocycles. The Labute approximate surface area is 155 Å². The molecule has 1 amide bonds. The van der Waals surface area contributed by atoms with E-state index in [0.29, 0.717) is 11.1 Å². The average molecular weight is 365 g/mol. The fraction of sp³-hybridized carbons (Fsp3) is 0.0909. The predicted molar refractivity (Wildman–Crippen MR) is 100.0 cm³/mol. The number of hydrogen-bond donors (Lipinski definition) is 0. The summed E-state index contributed by atoms with van der Waals surface area (Å²) in [5, 5.41) is 0. The molecule has 0 aliphatic rings. The first-order valence-corrected chi connectivity index (χ1v) is 8.40. The summed E-state index contributed by atoms with van der Waals surface area (Å²) < 4.78 is 26.5. The molecule has 0 bridgehead atoms. The van der Waals surface area contributed by atoms with Gasteiger partial charge in [-0.25, -0.2) is 0 Å². The van der Waals surface area contributed by atoms with Crippen LogP contribution in [0.15, 0.2) is 84.9 Å². The van der Waals surface area contributed by atoms with E-state index in [4.69, 9.17) is 0 Å². The van der Waals surface area contributed by atoms with Crippen LogP contribution in [0.4, 0.5) is 14.5 Å². The Balaban J connectivity index is 2.04. The Bertz CT molecular complexity index is 927. The van der Waals surface area contributed by atoms with E-state index in [-0.39, 0.29) is 23.6 Å². The van der Waals surface area contributed by atoms with Crippen molar-refractivity contribution in [3.05, 3.63) is 102 Å². The lowest BCUT2D eigenvalue weighted by Gasteiger charge is -2.25. The summed E-state index contributed by atoms with van der Waals surface area (Å²) >= 11 is 0. The number of amides is 1. The number of hydrogen-bond acceptors (Lipinski definition) is 2. The van der Waals surface area contributed by atoms with Gasteiger partial charge in [0.25, 0.3) is 5.91 Å². The SMILES string of the molecule is O=C(c1ccccc1)c1ccccc1N(Cc1ccccc1)C(=O)C(F)F. The van der Waals surface area contributed by atoms with E-state index in [2.05, 4.69) is 0 Å². The van der Waals surface area contributed by atoms with Gasteiger partial charge in [0.15, 0.2) is 5.78 Å². The van der Waals surface area contributed by atoms with Gasteiger partial charge < -0.3 is 4.90 Å². The highest BCUT2D eigenvalue weighted by Gasteiger charge is 2.28. The molecule has 0 saturated heterocycles. The number of nitrogens with zero attached hydrogens (tertiary/aromatic N) is 1. The van der Waals surface area contributed by atoms with Crippen molar-refractivity contribution in [2.75, 3.05) is 4.90 Å². The third kappa shape index (κ3) is 4.26. The van der Waals surface area contributed by atoms with E-state index in [1.807, 2.05) is 0 Å². The molecular weight excluding hydrogens is 348 g/mol. The molecule has 0 atom stereocenters. The van der Waals surface area contributed by atoms with Gasteiger partial charge in [-0.15, -0.1) is 0 Å². The van der Waals surface area contributed by atoms with Gasteiger partial charge in [-0.1, -0.05) is 72.8 Å². The Hall–Kier alpha value is -3.34. The molecule has 3 nitrogen and oxygen atoms in total. The highest BCUT2D eigenvalue weighted by Crippen LogP contribution is 2.26. The third-order valence-corrected chi connectivity index (χ3v) is 4.11. The van der Waals surface area contributed by atoms with Gasteiger partial charge in [0, 0.05) is 11.1 Å². The Morgan fingerprint density at radius 2 is 1.33 bits per heavy atom. The summed E-state index contributed by atoms with van der Waals surface area (Å²) in [6.45, 7) is -0.0525. The maximum atomic E-state index is 13.2. The van der Waals surface area contributed by atoms with E-state index in [9.17, 15) is 18.4 Å². The average Bonchev–Trinajstić information content (AvgIpc) is 2.72. The molecule has 0 aliphatic heterocycles. The number of anilines is 1. The first kappa shape index (κ1) is 18.5. The van der Waals surface area contributed by atoms with Crippen LogP contribution < -0.4 is 4.90 Å². The van der Waals surface area contributed by atoms with Gasteiger partial charge in [0.2, 0.25) is 0 Å². The van der Waals surface area contributed by atoms with Crippen molar-refractivity contribution in [1.29, 1.82) is 0 Å². The van der Waals surface area contributed by atoms with Gasteiger partial charge >= 0.3 is 6.43 Å². The van der Waals surface area contributed by atoms with Gasteiger partial charge in [-0.3, -0.25) is 9.59 Å². The number of carbonyl (C=O) groups excluding carboxylic acids is 2. The van der Waals surface area contributed by atoms with Crippen LogP contribution in [0.3, 0.4) is 0 Å². The molecule has 3 rings (SSSR count). The van der Waals surface area contributed by atoms with Crippen molar-refractivity contribution in [3.8, 4) is 0 Å². The molecule has 3 aromatic carbocycles. The van der Waals surface area contributed by atoms with Crippen molar-refractivity contribution in [3.63, 3.8) is 0 Å². The minimum Gasteiger partial charge on any atom is -0.302 e. The fourth-order valence-electron chi connectivity index (χ4n) is 2.81. The summed E-state index contributed by atoms with van der Waals surface area (Å²) in [5.74, 6) is -1.67. The normalized spacial score (nSPS) is 10.6. The molecule has 0 spiro atoms. The molecule has 0 unspecified atom stereocenters. The quantitative estimate of drug-likeness (QED) is 0.593. The van der Waals surface area contributed by atoms with Crippen LogP contribution in [-0.2, 0) is 11.3 Å². The van der Waals surface area contributed by atoms with Gasteiger partial charge in [-0.05, 0) is 17.7 Å². The van der Waals surface area contributed by atoms with Crippen molar-refractivity contribution < 1.29 is 18.4 Å². The molecule has 3 aromatic rings. The minimum absolute atomic E-state index is 0.0525. The first-order chi connectivity index (χ1) is 13.1. The van der Waals surface area contributed by atoms with Crippen LogP contribution in [-0.4, -0.2) is 18.1 Å². The zero-order valence-corrected chi connectivity index (χ0v) is 14.4. The molecule has 136 valence electrons. The molecule has 0 N–H and O–H groups in total. The smallest absolute Gasteiger partial charge is 0.302 e. The number of para-hydroxylation sites is 1. The van der Waals surface area contributed by atoms with Crippen LogP contribution in [0, 0.1) is 0 Å². The fourth-order valence-corrected chi connectivity index (χ4v) is 2.81. The third-order valence-electron chi connectivity index (χ3n) is 4.11. The molecule has 0 heterocycles. The predicted octanol–water partition coefficient (Wildman–Crippen LogP) is 4.72. The molecule has 27 heavy (non-hydrogen) atoms. The largest absolute Gasteiger partial charge is 0.316 e. The van der Waals surface area contributed by atoms with Crippen LogP contribution in [0.1, 0.15) is 21.5 Å². The van der Waals surface area contributed by atoms with Gasteiger partial charge in [-0.2, -0.15) is 8.78 Å². The molecule has 0 aromatic heterocycles. The van der Waals surface area contributed by atoms with Crippen LogP contribution in [0.5, 0.6) is 0 Å². The van der Waals surface area contributed by atoms with Gasteiger partial charge in [0.05, 0.1) is 12.2 Å². The van der Waals surface area contributed by atoms with Gasteiger partial charge in [0.1, 0.15) is 0 Å². The molecule has 0 fully saturated rings. The maximum absolute atomic E-state index is 13.2. The zero-order chi connectivity index (χ0) is 19.2. The minimum atomic E-state index is -3.17. The summed E-state index contributed by atoms with van der Waals surface area (Å²) in [5.41, 5.74) is 1.48. The summed E-state index contributed by atoms with van der Waals surface area (Å²) in [4.78, 5) is 26.1. The molecule has 0 saturated carbocycles. The number of alkyl halides is 2. The monoisotopic (exact) mass is 365 g/mol. The van der Waals surface area contributed by atoms with E-state index < -0.39 is 12.3 Å². The van der Waals surface area contributed by atoms with Crippen LogP contribution in [0.25, 0.3) is 0 Å².